The van der Waals surface area contributed by atoms with E-state index in [1.165, 1.54) is 0 Å². The molecule has 84 valence electrons. The van der Waals surface area contributed by atoms with Crippen molar-refractivity contribution in [2.75, 3.05) is 18.1 Å². The van der Waals surface area contributed by atoms with Gasteiger partial charge in [0, 0.05) is 18.0 Å². The Labute approximate surface area is 94.2 Å². The van der Waals surface area contributed by atoms with Gasteiger partial charge in [-0.2, -0.15) is 0 Å². The van der Waals surface area contributed by atoms with Crippen LogP contribution in [-0.2, 0) is 14.9 Å². The number of carbonyl (C=O) groups excluding carboxylic acids is 1. The molecule has 1 saturated heterocycles. The lowest BCUT2D eigenvalue weighted by molar-refractivity contribution is -0.124. The molecule has 4 heteroatoms. The summed E-state index contributed by atoms with van der Waals surface area (Å²) in [7, 11) is 0. The summed E-state index contributed by atoms with van der Waals surface area (Å²) in [6, 6.07) is 2.12. The topological polar surface area (TPSA) is 42.4 Å². The van der Waals surface area contributed by atoms with Crippen LogP contribution in [0.2, 0.25) is 0 Å². The minimum atomic E-state index is -0.459. The molecule has 0 radical (unpaired) electrons. The summed E-state index contributed by atoms with van der Waals surface area (Å²) in [4.78, 5) is 18.4. The molecule has 0 atom stereocenters. The van der Waals surface area contributed by atoms with Crippen LogP contribution < -0.4 is 4.90 Å². The second-order valence-corrected chi connectivity index (χ2v) is 4.88. The van der Waals surface area contributed by atoms with Gasteiger partial charge in [0.15, 0.2) is 0 Å². The molecule has 1 amide bonds. The van der Waals surface area contributed by atoms with E-state index in [4.69, 9.17) is 4.74 Å². The number of nitrogens with zero attached hydrogens (tertiary/aromatic N) is 2. The lowest BCUT2D eigenvalue weighted by Crippen LogP contribution is -2.52. The minimum Gasteiger partial charge on any atom is -0.377 e. The van der Waals surface area contributed by atoms with E-state index < -0.39 is 5.41 Å². The molecule has 0 saturated carbocycles. The van der Waals surface area contributed by atoms with Gasteiger partial charge >= 0.3 is 0 Å². The van der Waals surface area contributed by atoms with Gasteiger partial charge in [0.2, 0.25) is 5.91 Å². The quantitative estimate of drug-likeness (QED) is 0.709. The average molecular weight is 218 g/mol. The fraction of sp³-hybridized carbons (Fsp3) is 0.500. The highest BCUT2D eigenvalue weighted by Crippen LogP contribution is 2.42. The van der Waals surface area contributed by atoms with E-state index in [-0.39, 0.29) is 11.9 Å². The summed E-state index contributed by atoms with van der Waals surface area (Å²) >= 11 is 0. The Morgan fingerprint density at radius 3 is 2.88 bits per heavy atom. The highest BCUT2D eigenvalue weighted by atomic mass is 16.5. The molecule has 0 aromatic carbocycles. The van der Waals surface area contributed by atoms with Gasteiger partial charge in [0.25, 0.3) is 0 Å². The van der Waals surface area contributed by atoms with E-state index in [0.29, 0.717) is 13.2 Å². The van der Waals surface area contributed by atoms with Crippen molar-refractivity contribution in [2.45, 2.75) is 25.3 Å². The molecule has 4 nitrogen and oxygen atoms in total. The van der Waals surface area contributed by atoms with Gasteiger partial charge in [-0.1, -0.05) is 0 Å². The summed E-state index contributed by atoms with van der Waals surface area (Å²) < 4.78 is 5.17. The zero-order valence-corrected chi connectivity index (χ0v) is 9.43. The number of fused-ring (bicyclic) bond motifs is 1. The van der Waals surface area contributed by atoms with E-state index in [1.807, 2.05) is 24.8 Å². The fourth-order valence-corrected chi connectivity index (χ4v) is 2.34. The van der Waals surface area contributed by atoms with Crippen molar-refractivity contribution in [3.8, 4) is 0 Å². The number of aromatic nitrogens is 1. The van der Waals surface area contributed by atoms with Crippen LogP contribution in [0, 0.1) is 0 Å². The lowest BCUT2D eigenvalue weighted by atomic mass is 9.87. The summed E-state index contributed by atoms with van der Waals surface area (Å²) in [5.41, 5.74) is 1.56. The van der Waals surface area contributed by atoms with Gasteiger partial charge in [-0.25, -0.2) is 0 Å². The van der Waals surface area contributed by atoms with Crippen LogP contribution in [0.25, 0.3) is 0 Å². The Bertz CT molecular complexity index is 452. The first-order chi connectivity index (χ1) is 7.62. The Balaban J connectivity index is 2.11. The molecular formula is C12H14N2O2. The summed E-state index contributed by atoms with van der Waals surface area (Å²) in [6.07, 6.45) is 3.53. The average Bonchev–Trinajstić information content (AvgIpc) is 2.39. The molecule has 1 fully saturated rings. The van der Waals surface area contributed by atoms with Crippen molar-refractivity contribution in [2.24, 2.45) is 0 Å². The minimum absolute atomic E-state index is 0.156. The molecule has 1 aromatic heterocycles. The molecule has 0 bridgehead atoms. The molecule has 1 aromatic rings. The largest absolute Gasteiger partial charge is 0.377 e. The van der Waals surface area contributed by atoms with Gasteiger partial charge in [-0.15, -0.1) is 0 Å². The lowest BCUT2D eigenvalue weighted by Gasteiger charge is -2.35. The van der Waals surface area contributed by atoms with Crippen LogP contribution >= 0.6 is 0 Å². The molecule has 2 aliphatic heterocycles. The van der Waals surface area contributed by atoms with Crippen LogP contribution in [0.3, 0.4) is 0 Å². The van der Waals surface area contributed by atoms with Gasteiger partial charge < -0.3 is 9.64 Å². The summed E-state index contributed by atoms with van der Waals surface area (Å²) in [5.74, 6) is 0.156. The number of hydrogen-bond acceptors (Lipinski definition) is 3. The van der Waals surface area contributed by atoms with Crippen molar-refractivity contribution in [1.82, 2.24) is 4.98 Å². The smallest absolute Gasteiger partial charge is 0.237 e. The highest BCUT2D eigenvalue weighted by Gasteiger charge is 2.47. The van der Waals surface area contributed by atoms with Crippen LogP contribution in [0.5, 0.6) is 0 Å². The van der Waals surface area contributed by atoms with Gasteiger partial charge in [-0.3, -0.25) is 9.78 Å². The van der Waals surface area contributed by atoms with E-state index in [2.05, 4.69) is 4.98 Å². The SMILES string of the molecule is CC1(C)C(=O)N(C2COC2)c2ccncc21. The van der Waals surface area contributed by atoms with Gasteiger partial charge in [0.05, 0.1) is 30.4 Å². The molecule has 3 rings (SSSR count). The number of rotatable bonds is 1. The number of pyridine rings is 1. The number of amides is 1. The summed E-state index contributed by atoms with van der Waals surface area (Å²) in [6.45, 7) is 5.19. The molecule has 0 N–H and O–H groups in total. The van der Waals surface area contributed by atoms with Crippen molar-refractivity contribution < 1.29 is 9.53 Å². The zero-order valence-electron chi connectivity index (χ0n) is 9.43. The van der Waals surface area contributed by atoms with Crippen LogP contribution in [0.4, 0.5) is 5.69 Å². The van der Waals surface area contributed by atoms with Crippen molar-refractivity contribution in [3.05, 3.63) is 24.0 Å². The maximum Gasteiger partial charge on any atom is 0.237 e. The Kier molecular flexibility index (Phi) is 1.86. The Morgan fingerprint density at radius 2 is 2.25 bits per heavy atom. The molecule has 3 heterocycles. The van der Waals surface area contributed by atoms with Crippen LogP contribution in [0.1, 0.15) is 19.4 Å². The first-order valence-electron chi connectivity index (χ1n) is 5.48. The number of ether oxygens (including phenoxy) is 1. The second-order valence-electron chi connectivity index (χ2n) is 4.88. The maximum atomic E-state index is 12.4. The van der Waals surface area contributed by atoms with E-state index in [1.54, 1.807) is 12.4 Å². The van der Waals surface area contributed by atoms with E-state index >= 15 is 0 Å². The zero-order chi connectivity index (χ0) is 11.3. The Morgan fingerprint density at radius 1 is 1.50 bits per heavy atom. The standard InChI is InChI=1S/C12H14N2O2/c1-12(2)9-5-13-4-3-10(9)14(11(12)15)8-6-16-7-8/h3-5,8H,6-7H2,1-2H3. The predicted molar refractivity (Wildman–Crippen MR) is 59.4 cm³/mol. The van der Waals surface area contributed by atoms with Crippen molar-refractivity contribution in [1.29, 1.82) is 0 Å². The van der Waals surface area contributed by atoms with Crippen molar-refractivity contribution >= 4 is 11.6 Å². The third-order valence-corrected chi connectivity index (χ3v) is 3.47. The molecule has 0 aliphatic carbocycles. The third-order valence-electron chi connectivity index (χ3n) is 3.47. The van der Waals surface area contributed by atoms with E-state index in [9.17, 15) is 4.79 Å². The first-order valence-corrected chi connectivity index (χ1v) is 5.48. The molecule has 16 heavy (non-hydrogen) atoms. The maximum absolute atomic E-state index is 12.4. The number of carbonyl (C=O) groups is 1. The molecular weight excluding hydrogens is 204 g/mol. The number of hydrogen-bond donors (Lipinski definition) is 0. The number of anilines is 1. The van der Waals surface area contributed by atoms with Crippen LogP contribution in [0.15, 0.2) is 18.5 Å². The third kappa shape index (κ3) is 1.08. The van der Waals surface area contributed by atoms with Crippen molar-refractivity contribution in [3.63, 3.8) is 0 Å². The predicted octanol–water partition coefficient (Wildman–Crippen LogP) is 1.10. The normalized spacial score (nSPS) is 23.1. The Hall–Kier alpha value is -1.42. The first kappa shape index (κ1) is 9.78. The fourth-order valence-electron chi connectivity index (χ4n) is 2.34. The monoisotopic (exact) mass is 218 g/mol. The second kappa shape index (κ2) is 3.04. The van der Waals surface area contributed by atoms with E-state index in [0.717, 1.165) is 11.3 Å². The molecule has 0 spiro atoms. The molecule has 2 aliphatic rings. The molecule has 0 unspecified atom stereocenters. The van der Waals surface area contributed by atoms with Gasteiger partial charge in [0.1, 0.15) is 0 Å². The van der Waals surface area contributed by atoms with Crippen LogP contribution in [-0.4, -0.2) is 30.1 Å². The summed E-state index contributed by atoms with van der Waals surface area (Å²) in [5, 5.41) is 0. The highest BCUT2D eigenvalue weighted by molar-refractivity contribution is 6.07. The van der Waals surface area contributed by atoms with Gasteiger partial charge in [-0.05, 0) is 19.9 Å².